The van der Waals surface area contributed by atoms with E-state index in [9.17, 15) is 4.79 Å². The molecule has 0 saturated carbocycles. The molecule has 0 aromatic carbocycles. The van der Waals surface area contributed by atoms with E-state index in [1.54, 1.807) is 6.07 Å². The molecule has 1 aromatic rings. The van der Waals surface area contributed by atoms with Crippen molar-refractivity contribution in [2.45, 2.75) is 19.4 Å². The van der Waals surface area contributed by atoms with Crippen LogP contribution in [0.5, 0.6) is 0 Å². The fourth-order valence-electron chi connectivity index (χ4n) is 1.03. The van der Waals surface area contributed by atoms with Crippen LogP contribution in [0.3, 0.4) is 0 Å². The molecular weight excluding hydrogens is 365 g/mol. The number of carbonyl (C=O) groups excluding carboxylic acids is 1. The van der Waals surface area contributed by atoms with E-state index in [1.807, 2.05) is 6.92 Å². The lowest BCUT2D eigenvalue weighted by Gasteiger charge is -2.11. The summed E-state index contributed by atoms with van der Waals surface area (Å²) < 4.78 is 1.77. The minimum atomic E-state index is -0.0681. The molecule has 0 aliphatic carbocycles. The molecule has 1 amide bonds. The molecule has 1 aromatic heterocycles. The number of nitrogens with one attached hydrogen (secondary N) is 1. The van der Waals surface area contributed by atoms with E-state index in [-0.39, 0.29) is 11.9 Å². The van der Waals surface area contributed by atoms with Crippen molar-refractivity contribution in [1.29, 1.82) is 0 Å². The lowest BCUT2D eigenvalue weighted by Crippen LogP contribution is -2.32. The van der Waals surface area contributed by atoms with Crippen molar-refractivity contribution < 1.29 is 4.79 Å². The van der Waals surface area contributed by atoms with Gasteiger partial charge in [-0.15, -0.1) is 22.9 Å². The highest BCUT2D eigenvalue weighted by Gasteiger charge is 2.15. The van der Waals surface area contributed by atoms with Crippen LogP contribution in [0, 0.1) is 0 Å². The monoisotopic (exact) mass is 373 g/mol. The Labute approximate surface area is 115 Å². The van der Waals surface area contributed by atoms with Gasteiger partial charge in [-0.2, -0.15) is 0 Å². The zero-order chi connectivity index (χ0) is 11.4. The summed E-state index contributed by atoms with van der Waals surface area (Å²) in [5, 5.41) is 2.88. The Morgan fingerprint density at radius 3 is 2.80 bits per heavy atom. The lowest BCUT2D eigenvalue weighted by molar-refractivity contribution is 0.0939. The van der Waals surface area contributed by atoms with E-state index >= 15 is 0 Å². The summed E-state index contributed by atoms with van der Waals surface area (Å²) >= 11 is 13.8. The quantitative estimate of drug-likeness (QED) is 0.792. The molecule has 0 aliphatic heterocycles. The van der Waals surface area contributed by atoms with Crippen LogP contribution in [0.15, 0.2) is 13.6 Å². The first-order chi connectivity index (χ1) is 7.04. The molecule has 1 N–H and O–H groups in total. The second-order valence-electron chi connectivity index (χ2n) is 3.09. The van der Waals surface area contributed by atoms with Crippen LogP contribution < -0.4 is 5.32 Å². The average molecular weight is 376 g/mol. The molecule has 6 heteroatoms. The van der Waals surface area contributed by atoms with E-state index in [0.29, 0.717) is 11.4 Å². The first-order valence-corrected chi connectivity index (χ1v) is 7.30. The SMILES string of the molecule is CC(CCCl)NC(=O)c1cc(Br)sc1Br. The van der Waals surface area contributed by atoms with Gasteiger partial charge < -0.3 is 5.32 Å². The maximum absolute atomic E-state index is 11.8. The molecule has 1 heterocycles. The van der Waals surface area contributed by atoms with Crippen molar-refractivity contribution in [3.63, 3.8) is 0 Å². The van der Waals surface area contributed by atoms with Crippen LogP contribution in [-0.4, -0.2) is 17.8 Å². The molecule has 1 rings (SSSR count). The number of halogens is 3. The summed E-state index contributed by atoms with van der Waals surface area (Å²) in [4.78, 5) is 11.8. The third-order valence-corrected chi connectivity index (χ3v) is 4.38. The van der Waals surface area contributed by atoms with Crippen LogP contribution in [-0.2, 0) is 0 Å². The highest BCUT2D eigenvalue weighted by atomic mass is 79.9. The molecule has 0 spiro atoms. The van der Waals surface area contributed by atoms with Crippen molar-refractivity contribution in [2.75, 3.05) is 5.88 Å². The molecule has 2 nitrogen and oxygen atoms in total. The zero-order valence-electron chi connectivity index (χ0n) is 8.02. The van der Waals surface area contributed by atoms with Crippen LogP contribution in [0.4, 0.5) is 0 Å². The van der Waals surface area contributed by atoms with Crippen LogP contribution in [0.1, 0.15) is 23.7 Å². The van der Waals surface area contributed by atoms with Gasteiger partial charge in [-0.1, -0.05) is 0 Å². The Kier molecular flexibility index (Phi) is 5.60. The van der Waals surface area contributed by atoms with E-state index in [0.717, 1.165) is 14.0 Å². The van der Waals surface area contributed by atoms with Crippen LogP contribution >= 0.6 is 54.8 Å². The van der Waals surface area contributed by atoms with Gasteiger partial charge in [-0.25, -0.2) is 0 Å². The summed E-state index contributed by atoms with van der Waals surface area (Å²) in [5.41, 5.74) is 0.660. The summed E-state index contributed by atoms with van der Waals surface area (Å²) in [7, 11) is 0. The van der Waals surface area contributed by atoms with Gasteiger partial charge in [0, 0.05) is 11.9 Å². The fraction of sp³-hybridized carbons (Fsp3) is 0.444. The molecule has 1 atom stereocenters. The van der Waals surface area contributed by atoms with Gasteiger partial charge in [0.1, 0.15) is 0 Å². The summed E-state index contributed by atoms with van der Waals surface area (Å²) in [5.74, 6) is 0.483. The highest BCUT2D eigenvalue weighted by molar-refractivity contribution is 9.12. The number of carbonyl (C=O) groups is 1. The molecule has 0 aliphatic rings. The van der Waals surface area contributed by atoms with Gasteiger partial charge >= 0.3 is 0 Å². The Morgan fingerprint density at radius 2 is 2.33 bits per heavy atom. The van der Waals surface area contributed by atoms with Crippen molar-refractivity contribution in [3.8, 4) is 0 Å². The minimum absolute atomic E-state index is 0.0681. The van der Waals surface area contributed by atoms with E-state index in [4.69, 9.17) is 11.6 Å². The topological polar surface area (TPSA) is 29.1 Å². The van der Waals surface area contributed by atoms with Gasteiger partial charge in [0.15, 0.2) is 0 Å². The number of hydrogen-bond acceptors (Lipinski definition) is 2. The van der Waals surface area contributed by atoms with Crippen LogP contribution in [0.25, 0.3) is 0 Å². The molecule has 84 valence electrons. The van der Waals surface area contributed by atoms with Gasteiger partial charge in [0.25, 0.3) is 5.91 Å². The average Bonchev–Trinajstić information content (AvgIpc) is 2.45. The second-order valence-corrected chi connectivity index (χ2v) is 7.22. The standard InChI is InChI=1S/C9H10Br2ClNOS/c1-5(2-3-12)13-9(14)6-4-7(10)15-8(6)11/h4-5H,2-3H2,1H3,(H,13,14). The Hall–Kier alpha value is 0.420. The summed E-state index contributed by atoms with van der Waals surface area (Å²) in [6.07, 6.45) is 0.774. The molecule has 0 saturated heterocycles. The zero-order valence-corrected chi connectivity index (χ0v) is 12.8. The predicted octanol–water partition coefficient (Wildman–Crippen LogP) is 4.02. The molecule has 0 bridgehead atoms. The largest absolute Gasteiger partial charge is 0.349 e. The smallest absolute Gasteiger partial charge is 0.253 e. The first-order valence-electron chi connectivity index (χ1n) is 4.36. The van der Waals surface area contributed by atoms with Crippen molar-refractivity contribution in [2.24, 2.45) is 0 Å². The minimum Gasteiger partial charge on any atom is -0.349 e. The number of alkyl halides is 1. The Morgan fingerprint density at radius 1 is 1.67 bits per heavy atom. The van der Waals surface area contributed by atoms with E-state index in [2.05, 4.69) is 37.2 Å². The lowest BCUT2D eigenvalue weighted by atomic mass is 10.2. The molecule has 1 unspecified atom stereocenters. The van der Waals surface area contributed by atoms with Crippen molar-refractivity contribution in [1.82, 2.24) is 5.32 Å². The number of amides is 1. The van der Waals surface area contributed by atoms with Gasteiger partial charge in [-0.3, -0.25) is 4.79 Å². The van der Waals surface area contributed by atoms with Gasteiger partial charge in [-0.05, 0) is 51.3 Å². The summed E-state index contributed by atoms with van der Waals surface area (Å²) in [6, 6.07) is 1.90. The molecule has 0 radical (unpaired) electrons. The van der Waals surface area contributed by atoms with E-state index in [1.165, 1.54) is 11.3 Å². The second kappa shape index (κ2) is 6.23. The number of thiophene rings is 1. The Bertz CT molecular complexity index is 356. The van der Waals surface area contributed by atoms with E-state index < -0.39 is 0 Å². The highest BCUT2D eigenvalue weighted by Crippen LogP contribution is 2.31. The molecular formula is C9H10Br2ClNOS. The molecule has 0 fully saturated rings. The maximum Gasteiger partial charge on any atom is 0.253 e. The summed E-state index contributed by atoms with van der Waals surface area (Å²) in [6.45, 7) is 1.94. The van der Waals surface area contributed by atoms with Gasteiger partial charge in [0.05, 0.1) is 13.1 Å². The maximum atomic E-state index is 11.8. The third kappa shape index (κ3) is 4.06. The predicted molar refractivity (Wildman–Crippen MR) is 72.0 cm³/mol. The third-order valence-electron chi connectivity index (χ3n) is 1.82. The van der Waals surface area contributed by atoms with Gasteiger partial charge in [0.2, 0.25) is 0 Å². The fourth-order valence-corrected chi connectivity index (χ4v) is 4.15. The molecule has 15 heavy (non-hydrogen) atoms. The first kappa shape index (κ1) is 13.5. The van der Waals surface area contributed by atoms with Crippen LogP contribution in [0.2, 0.25) is 0 Å². The van der Waals surface area contributed by atoms with Crippen molar-refractivity contribution >= 4 is 60.7 Å². The van der Waals surface area contributed by atoms with Crippen molar-refractivity contribution in [3.05, 3.63) is 19.2 Å². The normalized spacial score (nSPS) is 12.5. The number of rotatable bonds is 4. The Balaban J connectivity index is 2.65. The number of hydrogen-bond donors (Lipinski definition) is 1.